The minimum atomic E-state index is -0.193. The van der Waals surface area contributed by atoms with Gasteiger partial charge in [-0.3, -0.25) is 4.79 Å². The van der Waals surface area contributed by atoms with Gasteiger partial charge in [0, 0.05) is 29.7 Å². The number of rotatable bonds is 5. The van der Waals surface area contributed by atoms with Crippen molar-refractivity contribution in [3.8, 4) is 17.2 Å². The van der Waals surface area contributed by atoms with E-state index in [-0.39, 0.29) is 17.0 Å². The van der Waals surface area contributed by atoms with Crippen LogP contribution in [-0.2, 0) is 0 Å². The Hall–Kier alpha value is -2.41. The van der Waals surface area contributed by atoms with Crippen LogP contribution in [-0.4, -0.2) is 51.0 Å². The highest BCUT2D eigenvalue weighted by Crippen LogP contribution is 2.41. The number of benzene rings is 2. The van der Waals surface area contributed by atoms with Gasteiger partial charge in [-0.15, -0.1) is 0 Å². The first-order chi connectivity index (χ1) is 13.6. The van der Waals surface area contributed by atoms with E-state index >= 15 is 0 Å². The Morgan fingerprint density at radius 3 is 2.46 bits per heavy atom. The summed E-state index contributed by atoms with van der Waals surface area (Å²) < 4.78 is 30.3. The van der Waals surface area contributed by atoms with E-state index in [1.54, 1.807) is 34.9 Å². The van der Waals surface area contributed by atoms with Gasteiger partial charge in [-0.2, -0.15) is 11.8 Å². The molecular formula is C21H24FNO4S. The molecule has 1 unspecified atom stereocenters. The third-order valence-corrected chi connectivity index (χ3v) is 6.13. The number of halogens is 1. The summed E-state index contributed by atoms with van der Waals surface area (Å²) in [6.45, 7) is 1.13. The molecule has 1 aliphatic heterocycles. The Kier molecular flexibility index (Phi) is 6.67. The van der Waals surface area contributed by atoms with Gasteiger partial charge in [0.15, 0.2) is 11.5 Å². The zero-order chi connectivity index (χ0) is 20.1. The molecule has 1 amide bonds. The molecule has 0 radical (unpaired) electrons. The zero-order valence-corrected chi connectivity index (χ0v) is 17.1. The minimum absolute atomic E-state index is 0.0336. The number of ether oxygens (including phenoxy) is 3. The van der Waals surface area contributed by atoms with Gasteiger partial charge in [0.2, 0.25) is 5.75 Å². The number of nitrogens with zero attached hydrogens (tertiary/aromatic N) is 1. The second kappa shape index (κ2) is 9.19. The average molecular weight is 405 g/mol. The van der Waals surface area contributed by atoms with Gasteiger partial charge in [-0.05, 0) is 24.6 Å². The largest absolute Gasteiger partial charge is 0.493 e. The summed E-state index contributed by atoms with van der Waals surface area (Å²) in [5, 5.41) is 0.0336. The predicted molar refractivity (Wildman–Crippen MR) is 108 cm³/mol. The Morgan fingerprint density at radius 2 is 1.79 bits per heavy atom. The van der Waals surface area contributed by atoms with Crippen LogP contribution < -0.4 is 14.2 Å². The third-order valence-electron chi connectivity index (χ3n) is 4.82. The Morgan fingerprint density at radius 1 is 1.04 bits per heavy atom. The lowest BCUT2D eigenvalue weighted by molar-refractivity contribution is 0.0762. The highest BCUT2D eigenvalue weighted by molar-refractivity contribution is 7.99. The van der Waals surface area contributed by atoms with Gasteiger partial charge >= 0.3 is 0 Å². The Balaban J connectivity index is 1.81. The zero-order valence-electron chi connectivity index (χ0n) is 16.2. The van der Waals surface area contributed by atoms with E-state index in [1.165, 1.54) is 27.4 Å². The smallest absolute Gasteiger partial charge is 0.257 e. The van der Waals surface area contributed by atoms with Crippen molar-refractivity contribution in [2.45, 2.75) is 11.7 Å². The summed E-state index contributed by atoms with van der Waals surface area (Å²) in [7, 11) is 4.55. The van der Waals surface area contributed by atoms with Crippen LogP contribution in [0.25, 0.3) is 0 Å². The van der Waals surface area contributed by atoms with Crippen LogP contribution in [0.1, 0.15) is 27.6 Å². The van der Waals surface area contributed by atoms with Crippen LogP contribution in [0.3, 0.4) is 0 Å². The van der Waals surface area contributed by atoms with Crippen molar-refractivity contribution in [1.29, 1.82) is 0 Å². The first kappa shape index (κ1) is 20.3. The highest BCUT2D eigenvalue weighted by atomic mass is 32.2. The fraction of sp³-hybridized carbons (Fsp3) is 0.381. The number of carbonyl (C=O) groups excluding carboxylic acids is 1. The van der Waals surface area contributed by atoms with Crippen molar-refractivity contribution in [2.24, 2.45) is 0 Å². The molecule has 3 rings (SSSR count). The molecular weight excluding hydrogens is 381 g/mol. The Bertz CT molecular complexity index is 845. The molecule has 28 heavy (non-hydrogen) atoms. The van der Waals surface area contributed by atoms with Gasteiger partial charge < -0.3 is 19.1 Å². The summed E-state index contributed by atoms with van der Waals surface area (Å²) in [5.74, 6) is 1.66. The molecule has 2 aromatic rings. The van der Waals surface area contributed by atoms with Gasteiger partial charge in [-0.25, -0.2) is 4.39 Å². The monoisotopic (exact) mass is 405 g/mol. The number of hydrogen-bond donors (Lipinski definition) is 0. The van der Waals surface area contributed by atoms with Crippen molar-refractivity contribution >= 4 is 17.7 Å². The van der Waals surface area contributed by atoms with E-state index in [2.05, 4.69) is 0 Å². The lowest BCUT2D eigenvalue weighted by atomic mass is 10.1. The van der Waals surface area contributed by atoms with Crippen LogP contribution in [0.2, 0.25) is 0 Å². The topological polar surface area (TPSA) is 48.0 Å². The van der Waals surface area contributed by atoms with Gasteiger partial charge in [0.25, 0.3) is 5.91 Å². The molecule has 0 aliphatic carbocycles. The molecule has 150 valence electrons. The second-order valence-electron chi connectivity index (χ2n) is 6.34. The molecule has 0 saturated carbocycles. The predicted octanol–water partition coefficient (Wildman–Crippen LogP) is 4.17. The van der Waals surface area contributed by atoms with Crippen molar-refractivity contribution in [3.63, 3.8) is 0 Å². The number of methoxy groups -OCH3 is 3. The molecule has 1 saturated heterocycles. The van der Waals surface area contributed by atoms with Gasteiger partial charge in [0.1, 0.15) is 5.82 Å². The fourth-order valence-electron chi connectivity index (χ4n) is 3.40. The standard InChI is InChI=1S/C21H24FNO4S/c1-25-17-9-8-15(19(26-2)20(17)27-3)21(24)23-11-10-18(28-13-12-23)14-6-4-5-7-16(14)22/h4-9,18H,10-13H2,1-3H3. The van der Waals surface area contributed by atoms with E-state index in [0.29, 0.717) is 47.9 Å². The van der Waals surface area contributed by atoms with Crippen molar-refractivity contribution in [2.75, 3.05) is 40.2 Å². The van der Waals surface area contributed by atoms with Crippen LogP contribution in [0.5, 0.6) is 17.2 Å². The lowest BCUT2D eigenvalue weighted by Gasteiger charge is -2.23. The summed E-state index contributed by atoms with van der Waals surface area (Å²) >= 11 is 1.68. The molecule has 0 bridgehead atoms. The van der Waals surface area contributed by atoms with E-state index in [0.717, 1.165) is 5.75 Å². The number of carbonyl (C=O) groups is 1. The number of amides is 1. The molecule has 0 N–H and O–H groups in total. The summed E-state index contributed by atoms with van der Waals surface area (Å²) in [4.78, 5) is 15.0. The van der Waals surface area contributed by atoms with Crippen molar-refractivity contribution < 1.29 is 23.4 Å². The van der Waals surface area contributed by atoms with E-state index in [9.17, 15) is 9.18 Å². The minimum Gasteiger partial charge on any atom is -0.493 e. The van der Waals surface area contributed by atoms with Crippen molar-refractivity contribution in [1.82, 2.24) is 4.90 Å². The van der Waals surface area contributed by atoms with E-state index < -0.39 is 0 Å². The molecule has 7 heteroatoms. The van der Waals surface area contributed by atoms with Crippen molar-refractivity contribution in [3.05, 3.63) is 53.3 Å². The molecule has 0 aromatic heterocycles. The summed E-state index contributed by atoms with van der Waals surface area (Å²) in [6, 6.07) is 10.2. The summed E-state index contributed by atoms with van der Waals surface area (Å²) in [6.07, 6.45) is 0.687. The first-order valence-electron chi connectivity index (χ1n) is 9.05. The molecule has 1 atom stereocenters. The first-order valence-corrected chi connectivity index (χ1v) is 10.1. The maximum absolute atomic E-state index is 14.1. The molecule has 0 spiro atoms. The van der Waals surface area contributed by atoms with Crippen LogP contribution in [0, 0.1) is 5.82 Å². The maximum atomic E-state index is 14.1. The SMILES string of the molecule is COc1ccc(C(=O)N2CCSC(c3ccccc3F)CC2)c(OC)c1OC. The lowest BCUT2D eigenvalue weighted by Crippen LogP contribution is -2.33. The molecule has 1 fully saturated rings. The quantitative estimate of drug-likeness (QED) is 0.747. The molecule has 2 aromatic carbocycles. The average Bonchev–Trinajstić information content (AvgIpc) is 2.98. The van der Waals surface area contributed by atoms with E-state index in [4.69, 9.17) is 14.2 Å². The summed E-state index contributed by atoms with van der Waals surface area (Å²) in [5.41, 5.74) is 1.12. The number of hydrogen-bond acceptors (Lipinski definition) is 5. The second-order valence-corrected chi connectivity index (χ2v) is 7.65. The van der Waals surface area contributed by atoms with Gasteiger partial charge in [0.05, 0.1) is 26.9 Å². The van der Waals surface area contributed by atoms with Gasteiger partial charge in [-0.1, -0.05) is 18.2 Å². The molecule has 1 heterocycles. The Labute approximate surface area is 168 Å². The molecule has 1 aliphatic rings. The highest BCUT2D eigenvalue weighted by Gasteiger charge is 2.28. The van der Waals surface area contributed by atoms with E-state index in [1.807, 2.05) is 12.1 Å². The number of thioether (sulfide) groups is 1. The maximum Gasteiger partial charge on any atom is 0.257 e. The third kappa shape index (κ3) is 4.04. The fourth-order valence-corrected chi connectivity index (χ4v) is 4.65. The molecule has 5 nitrogen and oxygen atoms in total. The normalized spacial score (nSPS) is 17.0. The van der Waals surface area contributed by atoms with Crippen LogP contribution >= 0.6 is 11.8 Å². The van der Waals surface area contributed by atoms with Crippen LogP contribution in [0.15, 0.2) is 36.4 Å². The van der Waals surface area contributed by atoms with Crippen LogP contribution in [0.4, 0.5) is 4.39 Å².